The van der Waals surface area contributed by atoms with Gasteiger partial charge in [-0.25, -0.2) is 4.39 Å². The van der Waals surface area contributed by atoms with E-state index in [0.717, 1.165) is 0 Å². The van der Waals surface area contributed by atoms with Crippen LogP contribution in [-0.4, -0.2) is 5.78 Å². The van der Waals surface area contributed by atoms with Crippen LogP contribution in [0.1, 0.15) is 15.9 Å². The highest BCUT2D eigenvalue weighted by atomic mass is 79.9. The first-order valence-electron chi connectivity index (χ1n) is 4.94. The van der Waals surface area contributed by atoms with Crippen LogP contribution in [0.4, 0.5) is 4.39 Å². The van der Waals surface area contributed by atoms with Crippen molar-refractivity contribution in [1.82, 2.24) is 0 Å². The van der Waals surface area contributed by atoms with Gasteiger partial charge in [0.25, 0.3) is 0 Å². The van der Waals surface area contributed by atoms with Crippen LogP contribution in [0, 0.1) is 5.82 Å². The molecular formula is C13H6Br2ClFO. The van der Waals surface area contributed by atoms with Crippen molar-refractivity contribution >= 4 is 49.2 Å². The molecule has 0 unspecified atom stereocenters. The Morgan fingerprint density at radius 1 is 1.06 bits per heavy atom. The van der Waals surface area contributed by atoms with Crippen LogP contribution in [0.25, 0.3) is 0 Å². The van der Waals surface area contributed by atoms with E-state index in [2.05, 4.69) is 31.9 Å². The maximum absolute atomic E-state index is 13.1. The molecule has 92 valence electrons. The van der Waals surface area contributed by atoms with E-state index in [1.807, 2.05) is 0 Å². The van der Waals surface area contributed by atoms with Crippen molar-refractivity contribution in [3.63, 3.8) is 0 Å². The number of benzene rings is 2. The van der Waals surface area contributed by atoms with Crippen molar-refractivity contribution in [3.05, 3.63) is 67.3 Å². The zero-order chi connectivity index (χ0) is 13.3. The van der Waals surface area contributed by atoms with Crippen LogP contribution < -0.4 is 0 Å². The smallest absolute Gasteiger partial charge is 0.194 e. The van der Waals surface area contributed by atoms with Crippen LogP contribution in [0.2, 0.25) is 5.02 Å². The fourth-order valence-corrected chi connectivity index (χ4v) is 2.44. The third kappa shape index (κ3) is 2.82. The Hall–Kier alpha value is -0.710. The predicted molar refractivity (Wildman–Crippen MR) is 76.7 cm³/mol. The lowest BCUT2D eigenvalue weighted by molar-refractivity contribution is 0.103. The summed E-state index contributed by atoms with van der Waals surface area (Å²) in [5, 5.41) is 0.475. The summed E-state index contributed by atoms with van der Waals surface area (Å²) in [6.07, 6.45) is 0. The highest BCUT2D eigenvalue weighted by Gasteiger charge is 2.14. The molecule has 2 aromatic rings. The molecule has 0 radical (unpaired) electrons. The topological polar surface area (TPSA) is 17.1 Å². The van der Waals surface area contributed by atoms with Crippen molar-refractivity contribution in [2.45, 2.75) is 0 Å². The van der Waals surface area contributed by atoms with E-state index in [9.17, 15) is 9.18 Å². The number of ketones is 1. The molecule has 0 fully saturated rings. The van der Waals surface area contributed by atoms with Gasteiger partial charge in [-0.2, -0.15) is 0 Å². The van der Waals surface area contributed by atoms with Crippen molar-refractivity contribution in [2.75, 3.05) is 0 Å². The van der Waals surface area contributed by atoms with Crippen molar-refractivity contribution in [1.29, 1.82) is 0 Å². The number of halogens is 4. The fraction of sp³-hybridized carbons (Fsp3) is 0. The SMILES string of the molecule is O=C(c1ccc(F)c(Br)c1)c1cc(Cl)ccc1Br. The van der Waals surface area contributed by atoms with Crippen molar-refractivity contribution in [3.8, 4) is 0 Å². The predicted octanol–water partition coefficient (Wildman–Crippen LogP) is 5.24. The maximum Gasteiger partial charge on any atom is 0.194 e. The van der Waals surface area contributed by atoms with Gasteiger partial charge in [0.15, 0.2) is 5.78 Å². The number of hydrogen-bond acceptors (Lipinski definition) is 1. The molecule has 0 N–H and O–H groups in total. The van der Waals surface area contributed by atoms with Crippen LogP contribution in [0.15, 0.2) is 45.3 Å². The Morgan fingerprint density at radius 2 is 1.78 bits per heavy atom. The molecule has 0 aliphatic heterocycles. The van der Waals surface area contributed by atoms with Crippen molar-refractivity contribution in [2.24, 2.45) is 0 Å². The van der Waals surface area contributed by atoms with Gasteiger partial charge in [0.2, 0.25) is 0 Å². The third-order valence-electron chi connectivity index (χ3n) is 2.35. The average molecular weight is 392 g/mol. The largest absolute Gasteiger partial charge is 0.289 e. The molecule has 0 atom stereocenters. The van der Waals surface area contributed by atoms with Gasteiger partial charge in [-0.1, -0.05) is 27.5 Å². The lowest BCUT2D eigenvalue weighted by Gasteiger charge is -2.05. The molecule has 0 bridgehead atoms. The summed E-state index contributed by atoms with van der Waals surface area (Å²) in [6.45, 7) is 0. The highest BCUT2D eigenvalue weighted by molar-refractivity contribution is 9.10. The van der Waals surface area contributed by atoms with Gasteiger partial charge in [0.1, 0.15) is 5.82 Å². The molecule has 1 nitrogen and oxygen atoms in total. The van der Waals surface area contributed by atoms with Crippen LogP contribution >= 0.6 is 43.5 Å². The van der Waals surface area contributed by atoms with E-state index >= 15 is 0 Å². The van der Waals surface area contributed by atoms with E-state index < -0.39 is 5.82 Å². The second kappa shape index (κ2) is 5.51. The third-order valence-corrected chi connectivity index (χ3v) is 3.89. The van der Waals surface area contributed by atoms with Crippen LogP contribution in [-0.2, 0) is 0 Å². The molecule has 0 saturated carbocycles. The van der Waals surface area contributed by atoms with E-state index in [4.69, 9.17) is 11.6 Å². The second-order valence-electron chi connectivity index (χ2n) is 3.58. The monoisotopic (exact) mass is 390 g/mol. The Labute approximate surface area is 125 Å². The summed E-state index contributed by atoms with van der Waals surface area (Å²) in [7, 11) is 0. The van der Waals surface area contributed by atoms with E-state index in [1.165, 1.54) is 18.2 Å². The second-order valence-corrected chi connectivity index (χ2v) is 5.73. The Morgan fingerprint density at radius 3 is 2.44 bits per heavy atom. The zero-order valence-corrected chi connectivity index (χ0v) is 12.8. The van der Waals surface area contributed by atoms with E-state index in [0.29, 0.717) is 20.6 Å². The molecule has 18 heavy (non-hydrogen) atoms. The van der Waals surface area contributed by atoms with Gasteiger partial charge in [0.05, 0.1) is 4.47 Å². The first-order chi connectivity index (χ1) is 8.49. The van der Waals surface area contributed by atoms with Crippen LogP contribution in [0.3, 0.4) is 0 Å². The molecular weight excluding hydrogens is 386 g/mol. The molecule has 0 heterocycles. The number of carbonyl (C=O) groups is 1. The van der Waals surface area contributed by atoms with E-state index in [-0.39, 0.29) is 10.3 Å². The quantitative estimate of drug-likeness (QED) is 0.639. The molecule has 0 saturated heterocycles. The Balaban J connectivity index is 2.47. The lowest BCUT2D eigenvalue weighted by Crippen LogP contribution is -2.02. The van der Waals surface area contributed by atoms with Gasteiger partial charge in [-0.3, -0.25) is 4.79 Å². The first-order valence-corrected chi connectivity index (χ1v) is 6.90. The molecule has 0 spiro atoms. The molecule has 2 rings (SSSR count). The average Bonchev–Trinajstić information content (AvgIpc) is 2.35. The number of hydrogen-bond donors (Lipinski definition) is 0. The molecule has 0 aliphatic rings. The minimum Gasteiger partial charge on any atom is -0.289 e. The van der Waals surface area contributed by atoms with Crippen LogP contribution in [0.5, 0.6) is 0 Å². The summed E-state index contributed by atoms with van der Waals surface area (Å²) < 4.78 is 14.0. The molecule has 0 amide bonds. The standard InChI is InChI=1S/C13H6Br2ClFO/c14-10-3-2-8(16)6-9(10)13(18)7-1-4-12(17)11(15)5-7/h1-6H. The summed E-state index contributed by atoms with van der Waals surface area (Å²) >= 11 is 12.2. The Kier molecular flexibility index (Phi) is 4.20. The number of rotatable bonds is 2. The molecule has 5 heteroatoms. The minimum absolute atomic E-state index is 0.218. The van der Waals surface area contributed by atoms with Gasteiger partial charge < -0.3 is 0 Å². The lowest BCUT2D eigenvalue weighted by atomic mass is 10.0. The molecule has 2 aromatic carbocycles. The number of carbonyl (C=O) groups excluding carboxylic acids is 1. The fourth-order valence-electron chi connectivity index (χ4n) is 1.46. The van der Waals surface area contributed by atoms with Gasteiger partial charge in [-0.15, -0.1) is 0 Å². The maximum atomic E-state index is 13.1. The Bertz CT molecular complexity index is 628. The van der Waals surface area contributed by atoms with Gasteiger partial charge in [-0.05, 0) is 52.3 Å². The van der Waals surface area contributed by atoms with Gasteiger partial charge >= 0.3 is 0 Å². The molecule has 0 aliphatic carbocycles. The van der Waals surface area contributed by atoms with Crippen molar-refractivity contribution < 1.29 is 9.18 Å². The summed E-state index contributed by atoms with van der Waals surface area (Å²) in [5.74, 6) is -0.623. The zero-order valence-electron chi connectivity index (χ0n) is 8.88. The normalized spacial score (nSPS) is 10.4. The molecule has 0 aromatic heterocycles. The summed E-state index contributed by atoms with van der Waals surface area (Å²) in [4.78, 5) is 12.3. The summed E-state index contributed by atoms with van der Waals surface area (Å²) in [5.41, 5.74) is 0.840. The van der Waals surface area contributed by atoms with Gasteiger partial charge in [0, 0.05) is 20.6 Å². The summed E-state index contributed by atoms with van der Waals surface area (Å²) in [6, 6.07) is 9.10. The minimum atomic E-state index is -0.406. The first kappa shape index (κ1) is 13.7. The van der Waals surface area contributed by atoms with E-state index in [1.54, 1.807) is 18.2 Å². The highest BCUT2D eigenvalue weighted by Crippen LogP contribution is 2.25.